The van der Waals surface area contributed by atoms with Crippen LogP contribution in [0.5, 0.6) is 0 Å². The Bertz CT molecular complexity index is 334. The van der Waals surface area contributed by atoms with Crippen LogP contribution < -0.4 is 5.73 Å². The number of nitrogens with zero attached hydrogens (tertiary/aromatic N) is 1. The molecule has 1 saturated heterocycles. The van der Waals surface area contributed by atoms with Gasteiger partial charge in [-0.25, -0.2) is 0 Å². The summed E-state index contributed by atoms with van der Waals surface area (Å²) in [5.41, 5.74) is 7.12. The molecule has 2 heterocycles. The third-order valence-electron chi connectivity index (χ3n) is 3.79. The first kappa shape index (κ1) is 11.7. The fraction of sp³-hybridized carbons (Fsp3) is 0.692. The number of likely N-dealkylation sites (tertiary alicyclic amines) is 1. The Balaban J connectivity index is 2.05. The maximum absolute atomic E-state index is 5.88. The molecule has 90 valence electrons. The SMILES string of the molecule is Cc1ccoc1CN1CCCC(C)C1CN. The van der Waals surface area contributed by atoms with Gasteiger partial charge in [-0.05, 0) is 43.9 Å². The van der Waals surface area contributed by atoms with Crippen LogP contribution in [0.3, 0.4) is 0 Å². The molecule has 1 aliphatic rings. The van der Waals surface area contributed by atoms with E-state index in [4.69, 9.17) is 10.2 Å². The van der Waals surface area contributed by atoms with Crippen LogP contribution in [0.15, 0.2) is 16.7 Å². The van der Waals surface area contributed by atoms with Crippen LogP contribution in [-0.4, -0.2) is 24.0 Å². The third-order valence-corrected chi connectivity index (χ3v) is 3.79. The standard InChI is InChI=1S/C13H22N2O/c1-10-4-3-6-15(12(10)8-14)9-13-11(2)5-7-16-13/h5,7,10,12H,3-4,6,8-9,14H2,1-2H3. The van der Waals surface area contributed by atoms with Crippen molar-refractivity contribution in [1.82, 2.24) is 4.90 Å². The Morgan fingerprint density at radius 1 is 1.56 bits per heavy atom. The molecule has 0 aliphatic carbocycles. The topological polar surface area (TPSA) is 42.4 Å². The summed E-state index contributed by atoms with van der Waals surface area (Å²) in [6.45, 7) is 7.21. The average molecular weight is 222 g/mol. The fourth-order valence-electron chi connectivity index (χ4n) is 2.66. The van der Waals surface area contributed by atoms with Crippen LogP contribution in [0.2, 0.25) is 0 Å². The van der Waals surface area contributed by atoms with E-state index in [0.717, 1.165) is 25.4 Å². The molecule has 1 fully saturated rings. The Kier molecular flexibility index (Phi) is 3.66. The van der Waals surface area contributed by atoms with E-state index in [1.54, 1.807) is 6.26 Å². The first-order valence-corrected chi connectivity index (χ1v) is 6.19. The minimum atomic E-state index is 0.512. The zero-order chi connectivity index (χ0) is 11.5. The third kappa shape index (κ3) is 2.30. The summed E-state index contributed by atoms with van der Waals surface area (Å²) in [6.07, 6.45) is 4.35. The van der Waals surface area contributed by atoms with Crippen molar-refractivity contribution < 1.29 is 4.42 Å². The first-order valence-electron chi connectivity index (χ1n) is 6.19. The van der Waals surface area contributed by atoms with E-state index in [9.17, 15) is 0 Å². The molecule has 2 unspecified atom stereocenters. The van der Waals surface area contributed by atoms with Crippen molar-refractivity contribution in [3.63, 3.8) is 0 Å². The molecule has 0 spiro atoms. The smallest absolute Gasteiger partial charge is 0.120 e. The molecule has 0 saturated carbocycles. The minimum Gasteiger partial charge on any atom is -0.468 e. The van der Waals surface area contributed by atoms with Gasteiger partial charge in [-0.15, -0.1) is 0 Å². The second kappa shape index (κ2) is 5.02. The molecular weight excluding hydrogens is 200 g/mol. The summed E-state index contributed by atoms with van der Waals surface area (Å²) in [7, 11) is 0. The van der Waals surface area contributed by atoms with Crippen molar-refractivity contribution in [3.8, 4) is 0 Å². The Labute approximate surface area is 97.6 Å². The number of hydrogen-bond donors (Lipinski definition) is 1. The molecule has 2 atom stereocenters. The minimum absolute atomic E-state index is 0.512. The molecule has 16 heavy (non-hydrogen) atoms. The molecule has 1 aromatic heterocycles. The predicted octanol–water partition coefficient (Wildman–Crippen LogP) is 2.15. The van der Waals surface area contributed by atoms with Crippen molar-refractivity contribution in [1.29, 1.82) is 0 Å². The van der Waals surface area contributed by atoms with Crippen molar-refractivity contribution in [2.75, 3.05) is 13.1 Å². The molecule has 0 amide bonds. The summed E-state index contributed by atoms with van der Waals surface area (Å²) in [4.78, 5) is 2.47. The zero-order valence-electron chi connectivity index (χ0n) is 10.3. The first-order chi connectivity index (χ1) is 7.72. The summed E-state index contributed by atoms with van der Waals surface area (Å²) in [5, 5.41) is 0. The number of nitrogens with two attached hydrogens (primary N) is 1. The van der Waals surface area contributed by atoms with Gasteiger partial charge in [-0.3, -0.25) is 4.90 Å². The van der Waals surface area contributed by atoms with E-state index < -0.39 is 0 Å². The maximum atomic E-state index is 5.88. The van der Waals surface area contributed by atoms with Crippen molar-refractivity contribution >= 4 is 0 Å². The summed E-state index contributed by atoms with van der Waals surface area (Å²) in [5.74, 6) is 1.79. The Morgan fingerprint density at radius 3 is 3.00 bits per heavy atom. The molecular formula is C13H22N2O. The number of furan rings is 1. The van der Waals surface area contributed by atoms with Gasteiger partial charge >= 0.3 is 0 Å². The van der Waals surface area contributed by atoms with E-state index in [2.05, 4.69) is 18.7 Å². The van der Waals surface area contributed by atoms with E-state index >= 15 is 0 Å². The van der Waals surface area contributed by atoms with Gasteiger partial charge in [0.2, 0.25) is 0 Å². The lowest BCUT2D eigenvalue weighted by Gasteiger charge is -2.39. The average Bonchev–Trinajstić information content (AvgIpc) is 2.65. The number of piperidine rings is 1. The second-order valence-corrected chi connectivity index (χ2v) is 4.92. The highest BCUT2D eigenvalue weighted by atomic mass is 16.3. The lowest BCUT2D eigenvalue weighted by atomic mass is 9.90. The molecule has 0 aromatic carbocycles. The largest absolute Gasteiger partial charge is 0.468 e. The lowest BCUT2D eigenvalue weighted by molar-refractivity contribution is 0.0915. The van der Waals surface area contributed by atoms with Crippen molar-refractivity contribution in [2.45, 2.75) is 39.3 Å². The molecule has 2 N–H and O–H groups in total. The van der Waals surface area contributed by atoms with Gasteiger partial charge in [-0.2, -0.15) is 0 Å². The van der Waals surface area contributed by atoms with Crippen LogP contribution in [0.4, 0.5) is 0 Å². The normalized spacial score (nSPS) is 27.2. The molecule has 3 heteroatoms. The fourth-order valence-corrected chi connectivity index (χ4v) is 2.66. The highest BCUT2D eigenvalue weighted by molar-refractivity contribution is 5.14. The number of aryl methyl sites for hydroxylation is 1. The van der Waals surface area contributed by atoms with Crippen LogP contribution in [-0.2, 0) is 6.54 Å². The van der Waals surface area contributed by atoms with Gasteiger partial charge in [-0.1, -0.05) is 6.92 Å². The Morgan fingerprint density at radius 2 is 2.38 bits per heavy atom. The molecule has 1 aliphatic heterocycles. The molecule has 1 aromatic rings. The molecule has 2 rings (SSSR count). The zero-order valence-corrected chi connectivity index (χ0v) is 10.3. The summed E-state index contributed by atoms with van der Waals surface area (Å²) >= 11 is 0. The van der Waals surface area contributed by atoms with Gasteiger partial charge in [0.05, 0.1) is 12.8 Å². The van der Waals surface area contributed by atoms with Crippen LogP contribution in [0.1, 0.15) is 31.1 Å². The van der Waals surface area contributed by atoms with Crippen LogP contribution >= 0.6 is 0 Å². The second-order valence-electron chi connectivity index (χ2n) is 4.92. The van der Waals surface area contributed by atoms with Crippen molar-refractivity contribution in [3.05, 3.63) is 23.7 Å². The van der Waals surface area contributed by atoms with Gasteiger partial charge < -0.3 is 10.2 Å². The van der Waals surface area contributed by atoms with E-state index in [0.29, 0.717) is 12.0 Å². The number of hydrogen-bond acceptors (Lipinski definition) is 3. The molecule has 3 nitrogen and oxygen atoms in total. The summed E-state index contributed by atoms with van der Waals surface area (Å²) < 4.78 is 5.51. The van der Waals surface area contributed by atoms with E-state index in [1.165, 1.54) is 18.4 Å². The lowest BCUT2D eigenvalue weighted by Crippen LogP contribution is -2.48. The highest BCUT2D eigenvalue weighted by Gasteiger charge is 2.27. The predicted molar refractivity (Wildman–Crippen MR) is 65.1 cm³/mol. The Hall–Kier alpha value is -0.800. The van der Waals surface area contributed by atoms with Crippen molar-refractivity contribution in [2.24, 2.45) is 11.7 Å². The van der Waals surface area contributed by atoms with Gasteiger partial charge in [0.25, 0.3) is 0 Å². The summed E-state index contributed by atoms with van der Waals surface area (Å²) in [6, 6.07) is 2.54. The van der Waals surface area contributed by atoms with E-state index in [1.807, 2.05) is 6.07 Å². The van der Waals surface area contributed by atoms with Gasteiger partial charge in [0.1, 0.15) is 5.76 Å². The van der Waals surface area contributed by atoms with Crippen LogP contribution in [0, 0.1) is 12.8 Å². The van der Waals surface area contributed by atoms with Crippen LogP contribution in [0.25, 0.3) is 0 Å². The monoisotopic (exact) mass is 222 g/mol. The van der Waals surface area contributed by atoms with Gasteiger partial charge in [0.15, 0.2) is 0 Å². The number of rotatable bonds is 3. The highest BCUT2D eigenvalue weighted by Crippen LogP contribution is 2.25. The maximum Gasteiger partial charge on any atom is 0.120 e. The van der Waals surface area contributed by atoms with Gasteiger partial charge in [0, 0.05) is 12.6 Å². The molecule has 0 radical (unpaired) electrons. The van der Waals surface area contributed by atoms with E-state index in [-0.39, 0.29) is 0 Å². The molecule has 0 bridgehead atoms. The quantitative estimate of drug-likeness (QED) is 0.852.